The molecule has 0 aliphatic carbocycles. The quantitative estimate of drug-likeness (QED) is 0.847. The Morgan fingerprint density at radius 2 is 2.25 bits per heavy atom. The number of halogens is 1. The van der Waals surface area contributed by atoms with Gasteiger partial charge < -0.3 is 15.4 Å². The number of ether oxygens (including phenoxy) is 1. The Morgan fingerprint density at radius 1 is 1.46 bits per heavy atom. The van der Waals surface area contributed by atoms with Crippen LogP contribution in [0.3, 0.4) is 0 Å². The zero-order chi connectivity index (χ0) is 17.3. The Balaban J connectivity index is 1.80. The average molecular weight is 396 g/mol. The Bertz CT molecular complexity index is 650. The number of amides is 2. The van der Waals surface area contributed by atoms with Crippen molar-refractivity contribution in [3.05, 3.63) is 22.7 Å². The first-order valence-electron chi connectivity index (χ1n) is 8.25. The molecule has 0 bridgehead atoms. The topological polar surface area (TPSA) is 75.9 Å². The summed E-state index contributed by atoms with van der Waals surface area (Å²) in [6, 6.07) is 5.42. The van der Waals surface area contributed by atoms with Gasteiger partial charge in [-0.25, -0.2) is 0 Å². The molecule has 0 aromatic heterocycles. The third-order valence-corrected chi connectivity index (χ3v) is 5.13. The van der Waals surface area contributed by atoms with Crippen LogP contribution in [0.15, 0.2) is 22.7 Å². The number of nitrogens with two attached hydrogens (primary N) is 1. The molecule has 2 heterocycles. The highest BCUT2D eigenvalue weighted by molar-refractivity contribution is 9.10. The Hall–Kier alpha value is -1.60. The summed E-state index contributed by atoms with van der Waals surface area (Å²) in [6.07, 6.45) is 2.99. The Kier molecular flexibility index (Phi) is 5.10. The third-order valence-electron chi connectivity index (χ3n) is 4.63. The number of nitrogens with zero attached hydrogens (tertiary/aromatic N) is 2. The lowest BCUT2D eigenvalue weighted by atomic mass is 9.97. The van der Waals surface area contributed by atoms with Crippen LogP contribution < -0.4 is 15.4 Å². The van der Waals surface area contributed by atoms with Crippen LogP contribution in [0.25, 0.3) is 0 Å². The third kappa shape index (κ3) is 3.42. The van der Waals surface area contributed by atoms with Crippen LogP contribution in [-0.4, -0.2) is 48.5 Å². The first kappa shape index (κ1) is 17.2. The summed E-state index contributed by atoms with van der Waals surface area (Å²) in [6.45, 7) is 2.62. The summed E-state index contributed by atoms with van der Waals surface area (Å²) in [5.74, 6) is 0.354. The summed E-state index contributed by atoms with van der Waals surface area (Å²) in [4.78, 5) is 28.5. The smallest absolute Gasteiger partial charge is 0.265 e. The van der Waals surface area contributed by atoms with Crippen LogP contribution >= 0.6 is 15.9 Å². The molecule has 0 spiro atoms. The highest BCUT2D eigenvalue weighted by Gasteiger charge is 2.33. The van der Waals surface area contributed by atoms with E-state index in [4.69, 9.17) is 10.5 Å². The summed E-state index contributed by atoms with van der Waals surface area (Å²) in [5, 5.41) is 0. The van der Waals surface area contributed by atoms with Crippen molar-refractivity contribution >= 4 is 33.4 Å². The van der Waals surface area contributed by atoms with Crippen molar-refractivity contribution in [2.45, 2.75) is 38.3 Å². The lowest BCUT2D eigenvalue weighted by molar-refractivity contribution is -0.135. The molecule has 2 aliphatic heterocycles. The molecule has 24 heavy (non-hydrogen) atoms. The average Bonchev–Trinajstić information content (AvgIpc) is 2.57. The SMILES string of the molecule is CC(N)C1CCCCN1C(=O)CN1C(=O)COc2cc(Br)ccc21. The molecule has 0 radical (unpaired) electrons. The predicted molar refractivity (Wildman–Crippen MR) is 95.0 cm³/mol. The lowest BCUT2D eigenvalue weighted by Crippen LogP contribution is -2.55. The van der Waals surface area contributed by atoms with Gasteiger partial charge in [-0.2, -0.15) is 0 Å². The van der Waals surface area contributed by atoms with Crippen molar-refractivity contribution in [2.75, 3.05) is 24.6 Å². The second-order valence-electron chi connectivity index (χ2n) is 6.39. The van der Waals surface area contributed by atoms with Crippen molar-refractivity contribution < 1.29 is 14.3 Å². The van der Waals surface area contributed by atoms with Gasteiger partial charge in [0.05, 0.1) is 5.69 Å². The van der Waals surface area contributed by atoms with E-state index in [2.05, 4.69) is 15.9 Å². The number of hydrogen-bond donors (Lipinski definition) is 1. The molecular formula is C17H22BrN3O3. The van der Waals surface area contributed by atoms with Gasteiger partial charge in [-0.05, 0) is 44.4 Å². The molecule has 0 saturated carbocycles. The van der Waals surface area contributed by atoms with E-state index in [1.165, 1.54) is 4.90 Å². The maximum atomic E-state index is 12.8. The Morgan fingerprint density at radius 3 is 3.00 bits per heavy atom. The molecule has 6 nitrogen and oxygen atoms in total. The summed E-state index contributed by atoms with van der Waals surface area (Å²) in [7, 11) is 0. The van der Waals surface area contributed by atoms with Gasteiger partial charge in [0.25, 0.3) is 5.91 Å². The standard InChI is InChI=1S/C17H22BrN3O3/c1-11(19)13-4-2-3-7-20(13)16(22)9-21-14-6-5-12(18)8-15(14)24-10-17(21)23/h5-6,8,11,13H,2-4,7,9-10,19H2,1H3. The van der Waals surface area contributed by atoms with Crippen LogP contribution in [-0.2, 0) is 9.59 Å². The van der Waals surface area contributed by atoms with Gasteiger partial charge in [-0.15, -0.1) is 0 Å². The minimum atomic E-state index is -0.201. The minimum Gasteiger partial charge on any atom is -0.482 e. The molecular weight excluding hydrogens is 374 g/mol. The molecule has 2 atom stereocenters. The molecule has 1 fully saturated rings. The van der Waals surface area contributed by atoms with E-state index in [9.17, 15) is 9.59 Å². The van der Waals surface area contributed by atoms with Crippen LogP contribution in [0.4, 0.5) is 5.69 Å². The van der Waals surface area contributed by atoms with Crippen molar-refractivity contribution in [1.82, 2.24) is 4.90 Å². The zero-order valence-electron chi connectivity index (χ0n) is 13.7. The molecule has 1 aromatic rings. The van der Waals surface area contributed by atoms with Gasteiger partial charge in [0.2, 0.25) is 5.91 Å². The van der Waals surface area contributed by atoms with Crippen molar-refractivity contribution in [1.29, 1.82) is 0 Å². The fraction of sp³-hybridized carbons (Fsp3) is 0.529. The van der Waals surface area contributed by atoms with Crippen LogP contribution in [0, 0.1) is 0 Å². The highest BCUT2D eigenvalue weighted by Crippen LogP contribution is 2.34. The fourth-order valence-corrected chi connectivity index (χ4v) is 3.73. The van der Waals surface area contributed by atoms with Crippen molar-refractivity contribution in [3.63, 3.8) is 0 Å². The number of fused-ring (bicyclic) bond motifs is 1. The number of benzene rings is 1. The van der Waals surface area contributed by atoms with E-state index in [0.717, 1.165) is 23.7 Å². The van der Waals surface area contributed by atoms with Crippen LogP contribution in [0.2, 0.25) is 0 Å². The van der Waals surface area contributed by atoms with Gasteiger partial charge in [0.1, 0.15) is 12.3 Å². The number of anilines is 1. The van der Waals surface area contributed by atoms with E-state index < -0.39 is 0 Å². The molecule has 2 N–H and O–H groups in total. The first-order valence-corrected chi connectivity index (χ1v) is 9.04. The molecule has 7 heteroatoms. The van der Waals surface area contributed by atoms with Crippen LogP contribution in [0.5, 0.6) is 5.75 Å². The van der Waals surface area contributed by atoms with Crippen LogP contribution in [0.1, 0.15) is 26.2 Å². The minimum absolute atomic E-state index is 0.0278. The number of carbonyl (C=O) groups is 2. The number of likely N-dealkylation sites (tertiary alicyclic amines) is 1. The van der Waals surface area contributed by atoms with E-state index >= 15 is 0 Å². The van der Waals surface area contributed by atoms with E-state index in [1.807, 2.05) is 24.0 Å². The number of rotatable bonds is 3. The predicted octanol–water partition coefficient (Wildman–Crippen LogP) is 1.90. The van der Waals surface area contributed by atoms with Gasteiger partial charge in [-0.3, -0.25) is 14.5 Å². The maximum absolute atomic E-state index is 12.8. The first-order chi connectivity index (χ1) is 11.5. The fourth-order valence-electron chi connectivity index (χ4n) is 3.39. The molecule has 3 rings (SSSR count). The lowest BCUT2D eigenvalue weighted by Gasteiger charge is -2.39. The Labute approximate surface area is 150 Å². The summed E-state index contributed by atoms with van der Waals surface area (Å²) < 4.78 is 6.34. The largest absolute Gasteiger partial charge is 0.482 e. The number of carbonyl (C=O) groups excluding carboxylic acids is 2. The molecule has 2 aliphatic rings. The van der Waals surface area contributed by atoms with Gasteiger partial charge in [0.15, 0.2) is 6.61 Å². The zero-order valence-corrected chi connectivity index (χ0v) is 15.3. The molecule has 1 saturated heterocycles. The second-order valence-corrected chi connectivity index (χ2v) is 7.31. The van der Waals surface area contributed by atoms with E-state index in [-0.39, 0.29) is 37.0 Å². The molecule has 130 valence electrons. The van der Waals surface area contributed by atoms with Gasteiger partial charge in [0, 0.05) is 23.1 Å². The normalized spacial score (nSPS) is 22.0. The highest BCUT2D eigenvalue weighted by atomic mass is 79.9. The van der Waals surface area contributed by atoms with E-state index in [0.29, 0.717) is 18.0 Å². The summed E-state index contributed by atoms with van der Waals surface area (Å²) >= 11 is 3.39. The maximum Gasteiger partial charge on any atom is 0.265 e. The van der Waals surface area contributed by atoms with Crippen molar-refractivity contribution in [2.24, 2.45) is 5.73 Å². The van der Waals surface area contributed by atoms with Crippen molar-refractivity contribution in [3.8, 4) is 5.75 Å². The summed E-state index contributed by atoms with van der Waals surface area (Å²) in [5.41, 5.74) is 6.69. The molecule has 2 unspecified atom stereocenters. The second kappa shape index (κ2) is 7.11. The number of piperidine rings is 1. The van der Waals surface area contributed by atoms with Gasteiger partial charge in [-0.1, -0.05) is 15.9 Å². The molecule has 1 aromatic carbocycles. The number of hydrogen-bond acceptors (Lipinski definition) is 4. The van der Waals surface area contributed by atoms with Gasteiger partial charge >= 0.3 is 0 Å². The molecule has 2 amide bonds. The monoisotopic (exact) mass is 395 g/mol. The van der Waals surface area contributed by atoms with E-state index in [1.54, 1.807) is 6.07 Å².